The molecule has 0 atom stereocenters. The zero-order chi connectivity index (χ0) is 13.0. The molecule has 0 aliphatic heterocycles. The van der Waals surface area contributed by atoms with E-state index in [2.05, 4.69) is 5.32 Å². The summed E-state index contributed by atoms with van der Waals surface area (Å²) in [6.07, 6.45) is 7.21. The van der Waals surface area contributed by atoms with Crippen LogP contribution in [0, 0.1) is 0 Å². The van der Waals surface area contributed by atoms with Crippen molar-refractivity contribution in [3.63, 3.8) is 0 Å². The Morgan fingerprint density at radius 3 is 2.67 bits per heavy atom. The fraction of sp³-hybridized carbons (Fsp3) is 0.643. The molecule has 0 aromatic carbocycles. The minimum atomic E-state index is 0.0520. The van der Waals surface area contributed by atoms with E-state index < -0.39 is 0 Å². The Morgan fingerprint density at radius 2 is 2.11 bits per heavy atom. The number of halogens is 1. The monoisotopic (exact) mass is 285 g/mol. The van der Waals surface area contributed by atoms with E-state index in [-0.39, 0.29) is 5.54 Å². The molecule has 0 radical (unpaired) electrons. The van der Waals surface area contributed by atoms with Gasteiger partial charge in [-0.2, -0.15) is 0 Å². The Bertz CT molecular complexity index is 410. The molecule has 0 bridgehead atoms. The van der Waals surface area contributed by atoms with Gasteiger partial charge in [0, 0.05) is 23.3 Å². The third-order valence-electron chi connectivity index (χ3n) is 3.88. The fourth-order valence-electron chi connectivity index (χ4n) is 2.82. The minimum Gasteiger partial charge on any atom is -0.314 e. The van der Waals surface area contributed by atoms with E-state index in [1.165, 1.54) is 30.6 Å². The summed E-state index contributed by atoms with van der Waals surface area (Å²) in [4.78, 5) is 13.3. The maximum atomic E-state index is 12.2. The number of hydrogen-bond acceptors (Lipinski definition) is 3. The van der Waals surface area contributed by atoms with Crippen LogP contribution in [-0.2, 0) is 11.2 Å². The Hall–Kier alpha value is -0.380. The van der Waals surface area contributed by atoms with Crippen molar-refractivity contribution >= 4 is 28.7 Å². The zero-order valence-corrected chi connectivity index (χ0v) is 12.4. The summed E-state index contributed by atoms with van der Waals surface area (Å²) in [5.41, 5.74) is 0.0520. The largest absolute Gasteiger partial charge is 0.314 e. The van der Waals surface area contributed by atoms with Crippen LogP contribution in [0.25, 0.3) is 0 Å². The fourth-order valence-corrected chi connectivity index (χ4v) is 3.94. The highest BCUT2D eigenvalue weighted by Gasteiger charge is 2.32. The van der Waals surface area contributed by atoms with Crippen LogP contribution in [0.4, 0.5) is 0 Å². The average molecular weight is 286 g/mol. The predicted molar refractivity (Wildman–Crippen MR) is 77.5 cm³/mol. The molecule has 100 valence electrons. The Balaban J connectivity index is 1.93. The lowest BCUT2D eigenvalue weighted by atomic mass is 9.78. The van der Waals surface area contributed by atoms with Crippen LogP contribution in [0.5, 0.6) is 0 Å². The van der Waals surface area contributed by atoms with E-state index in [9.17, 15) is 4.79 Å². The number of Topliss-reactive ketones (excluding diaryl/α,β-unsaturated/α-hetero) is 1. The standard InChI is InChI=1S/C14H20ClNOS/c1-16-14(7-3-2-4-8-14)10-11(17)9-12-5-6-13(15)18-12/h5-6,16H,2-4,7-10H2,1H3. The van der Waals surface area contributed by atoms with Crippen molar-refractivity contribution in [2.75, 3.05) is 7.05 Å². The number of rotatable bonds is 5. The topological polar surface area (TPSA) is 29.1 Å². The summed E-state index contributed by atoms with van der Waals surface area (Å²) in [5, 5.41) is 3.40. The number of hydrogen-bond donors (Lipinski definition) is 1. The summed E-state index contributed by atoms with van der Waals surface area (Å²) >= 11 is 7.39. The lowest BCUT2D eigenvalue weighted by molar-refractivity contribution is -0.120. The summed E-state index contributed by atoms with van der Waals surface area (Å²) in [5.74, 6) is 0.324. The zero-order valence-electron chi connectivity index (χ0n) is 10.8. The molecular formula is C14H20ClNOS. The second-order valence-electron chi connectivity index (χ2n) is 5.19. The van der Waals surface area contributed by atoms with Gasteiger partial charge in [-0.3, -0.25) is 4.79 Å². The third-order valence-corrected chi connectivity index (χ3v) is 5.11. The highest BCUT2D eigenvalue weighted by Crippen LogP contribution is 2.31. The van der Waals surface area contributed by atoms with Crippen LogP contribution >= 0.6 is 22.9 Å². The highest BCUT2D eigenvalue weighted by molar-refractivity contribution is 7.16. The number of carbonyl (C=O) groups excluding carboxylic acids is 1. The van der Waals surface area contributed by atoms with Crippen LogP contribution in [0.15, 0.2) is 12.1 Å². The first-order valence-electron chi connectivity index (χ1n) is 6.58. The van der Waals surface area contributed by atoms with Crippen LogP contribution in [0.2, 0.25) is 4.34 Å². The third kappa shape index (κ3) is 3.56. The molecule has 1 aromatic heterocycles. The van der Waals surface area contributed by atoms with Crippen LogP contribution in [0.3, 0.4) is 0 Å². The van der Waals surface area contributed by atoms with Crippen molar-refractivity contribution in [1.29, 1.82) is 0 Å². The van der Waals surface area contributed by atoms with Gasteiger partial charge >= 0.3 is 0 Å². The van der Waals surface area contributed by atoms with Crippen LogP contribution in [-0.4, -0.2) is 18.4 Å². The lowest BCUT2D eigenvalue weighted by Gasteiger charge is -2.36. The van der Waals surface area contributed by atoms with E-state index in [0.717, 1.165) is 22.1 Å². The first-order chi connectivity index (χ1) is 8.63. The lowest BCUT2D eigenvalue weighted by Crippen LogP contribution is -2.46. The van der Waals surface area contributed by atoms with Gasteiger partial charge in [-0.05, 0) is 32.0 Å². The first kappa shape index (κ1) is 14.0. The predicted octanol–water partition coefficient (Wildman–Crippen LogP) is 3.83. The molecule has 0 unspecified atom stereocenters. The molecule has 2 rings (SSSR count). The van der Waals surface area contributed by atoms with Crippen molar-refractivity contribution in [3.05, 3.63) is 21.3 Å². The van der Waals surface area contributed by atoms with E-state index >= 15 is 0 Å². The maximum absolute atomic E-state index is 12.2. The summed E-state index contributed by atoms with van der Waals surface area (Å²) in [6, 6.07) is 3.82. The normalized spacial score (nSPS) is 18.8. The molecule has 1 aliphatic rings. The molecule has 1 saturated carbocycles. The van der Waals surface area contributed by atoms with Gasteiger partial charge in [0.15, 0.2) is 0 Å². The van der Waals surface area contributed by atoms with E-state index in [4.69, 9.17) is 11.6 Å². The quantitative estimate of drug-likeness (QED) is 0.891. The second-order valence-corrected chi connectivity index (χ2v) is 6.99. The number of nitrogens with one attached hydrogen (secondary N) is 1. The Kier molecular flexibility index (Phi) is 4.82. The molecule has 0 spiro atoms. The Morgan fingerprint density at radius 1 is 1.39 bits per heavy atom. The van der Waals surface area contributed by atoms with Crippen molar-refractivity contribution in [2.24, 2.45) is 0 Å². The van der Waals surface area contributed by atoms with Gasteiger partial charge in [0.1, 0.15) is 5.78 Å². The number of thiophene rings is 1. The average Bonchev–Trinajstić information content (AvgIpc) is 2.75. The molecule has 4 heteroatoms. The van der Waals surface area contributed by atoms with Gasteiger partial charge < -0.3 is 5.32 Å². The van der Waals surface area contributed by atoms with E-state index in [1.807, 2.05) is 19.2 Å². The number of ketones is 1. The number of carbonyl (C=O) groups is 1. The van der Waals surface area contributed by atoms with Crippen molar-refractivity contribution < 1.29 is 4.79 Å². The molecule has 18 heavy (non-hydrogen) atoms. The highest BCUT2D eigenvalue weighted by atomic mass is 35.5. The molecule has 1 aromatic rings. The van der Waals surface area contributed by atoms with Gasteiger partial charge in [-0.15, -0.1) is 11.3 Å². The molecule has 2 nitrogen and oxygen atoms in total. The summed E-state index contributed by atoms with van der Waals surface area (Å²) < 4.78 is 0.763. The molecule has 1 fully saturated rings. The maximum Gasteiger partial charge on any atom is 0.139 e. The first-order valence-corrected chi connectivity index (χ1v) is 7.78. The molecule has 1 aliphatic carbocycles. The van der Waals surface area contributed by atoms with Crippen molar-refractivity contribution in [3.8, 4) is 0 Å². The minimum absolute atomic E-state index is 0.0520. The molecule has 0 saturated heterocycles. The Labute approximate surface area is 118 Å². The van der Waals surface area contributed by atoms with Gasteiger partial charge in [-0.1, -0.05) is 30.9 Å². The molecule has 1 heterocycles. The van der Waals surface area contributed by atoms with Crippen LogP contribution < -0.4 is 5.32 Å². The molecule has 1 N–H and O–H groups in total. The van der Waals surface area contributed by atoms with E-state index in [0.29, 0.717) is 18.6 Å². The summed E-state index contributed by atoms with van der Waals surface area (Å²) in [7, 11) is 1.99. The SMILES string of the molecule is CNC1(CC(=O)Cc2ccc(Cl)s2)CCCCC1. The van der Waals surface area contributed by atoms with Gasteiger partial charge in [0.2, 0.25) is 0 Å². The van der Waals surface area contributed by atoms with Gasteiger partial charge in [-0.25, -0.2) is 0 Å². The smallest absolute Gasteiger partial charge is 0.139 e. The molecular weight excluding hydrogens is 266 g/mol. The second kappa shape index (κ2) is 6.18. The van der Waals surface area contributed by atoms with Gasteiger partial charge in [0.05, 0.1) is 4.34 Å². The molecule has 0 amide bonds. The van der Waals surface area contributed by atoms with Crippen LogP contribution in [0.1, 0.15) is 43.4 Å². The van der Waals surface area contributed by atoms with Crippen molar-refractivity contribution in [2.45, 2.75) is 50.5 Å². The van der Waals surface area contributed by atoms with Gasteiger partial charge in [0.25, 0.3) is 0 Å². The van der Waals surface area contributed by atoms with Crippen molar-refractivity contribution in [1.82, 2.24) is 5.32 Å². The summed E-state index contributed by atoms with van der Waals surface area (Å²) in [6.45, 7) is 0. The van der Waals surface area contributed by atoms with E-state index in [1.54, 1.807) is 0 Å².